The molecule has 2 rings (SSSR count). The van der Waals surface area contributed by atoms with Gasteiger partial charge in [0.2, 0.25) is 5.96 Å². The fraction of sp³-hybridized carbons (Fsp3) is 0.222. The van der Waals surface area contributed by atoms with E-state index in [-0.39, 0.29) is 0 Å². The summed E-state index contributed by atoms with van der Waals surface area (Å²) in [4.78, 5) is 4.32. The van der Waals surface area contributed by atoms with Gasteiger partial charge in [0.1, 0.15) is 0 Å². The van der Waals surface area contributed by atoms with Gasteiger partial charge in [-0.2, -0.15) is 0 Å². The van der Waals surface area contributed by atoms with E-state index in [0.717, 1.165) is 5.69 Å². The van der Waals surface area contributed by atoms with Crippen LogP contribution in [0, 0.1) is 0 Å². The first-order valence-corrected chi connectivity index (χ1v) is 4.95. The maximum absolute atomic E-state index is 5.90. The van der Waals surface area contributed by atoms with Crippen molar-refractivity contribution in [2.24, 2.45) is 4.99 Å². The summed E-state index contributed by atoms with van der Waals surface area (Å²) in [6.45, 7) is 1.38. The lowest BCUT2D eigenvalue weighted by atomic mass is 10.3. The van der Waals surface area contributed by atoms with Gasteiger partial charge in [-0.05, 0) is 12.1 Å². The second kappa shape index (κ2) is 4.07. The van der Waals surface area contributed by atoms with Gasteiger partial charge in [-0.15, -0.1) is 0 Å². The molecular formula is C9H9Cl2N3. The predicted molar refractivity (Wildman–Crippen MR) is 58.7 cm³/mol. The SMILES string of the molecule is ClN1CCN(Cl)C1=Nc1ccccc1. The summed E-state index contributed by atoms with van der Waals surface area (Å²) in [7, 11) is 0. The molecule has 0 aromatic heterocycles. The van der Waals surface area contributed by atoms with Gasteiger partial charge in [0.25, 0.3) is 0 Å². The van der Waals surface area contributed by atoms with Gasteiger partial charge in [0.05, 0.1) is 18.8 Å². The Hall–Kier alpha value is -0.930. The summed E-state index contributed by atoms with van der Waals surface area (Å²) in [5, 5.41) is 0. The first-order valence-electron chi connectivity index (χ1n) is 4.28. The van der Waals surface area contributed by atoms with Crippen molar-refractivity contribution in [2.75, 3.05) is 13.1 Å². The Bertz CT molecular complexity index is 327. The topological polar surface area (TPSA) is 18.8 Å². The van der Waals surface area contributed by atoms with E-state index in [9.17, 15) is 0 Å². The lowest BCUT2D eigenvalue weighted by Crippen LogP contribution is -2.20. The van der Waals surface area contributed by atoms with Crippen molar-refractivity contribution in [1.82, 2.24) is 8.84 Å². The van der Waals surface area contributed by atoms with E-state index in [1.807, 2.05) is 30.3 Å². The van der Waals surface area contributed by atoms with Crippen LogP contribution in [-0.2, 0) is 0 Å². The molecule has 1 saturated heterocycles. The molecule has 14 heavy (non-hydrogen) atoms. The number of hydrogen-bond acceptors (Lipinski definition) is 1. The third-order valence-electron chi connectivity index (χ3n) is 1.91. The molecule has 1 fully saturated rings. The highest BCUT2D eigenvalue weighted by Crippen LogP contribution is 2.18. The zero-order valence-corrected chi connectivity index (χ0v) is 8.91. The molecule has 0 unspecified atom stereocenters. The molecule has 1 aromatic rings. The predicted octanol–water partition coefficient (Wildman–Crippen LogP) is 2.60. The van der Waals surface area contributed by atoms with Gasteiger partial charge in [-0.1, -0.05) is 18.2 Å². The molecule has 5 heteroatoms. The number of para-hydroxylation sites is 1. The molecular weight excluding hydrogens is 221 g/mol. The van der Waals surface area contributed by atoms with Crippen LogP contribution in [0.5, 0.6) is 0 Å². The van der Waals surface area contributed by atoms with Crippen LogP contribution in [0.1, 0.15) is 0 Å². The zero-order valence-electron chi connectivity index (χ0n) is 7.40. The van der Waals surface area contributed by atoms with Crippen molar-refractivity contribution in [3.8, 4) is 0 Å². The molecule has 1 aromatic carbocycles. The second-order valence-corrected chi connectivity index (χ2v) is 3.74. The lowest BCUT2D eigenvalue weighted by Gasteiger charge is -2.10. The molecule has 0 atom stereocenters. The van der Waals surface area contributed by atoms with Gasteiger partial charge >= 0.3 is 0 Å². The van der Waals surface area contributed by atoms with Crippen LogP contribution in [0.3, 0.4) is 0 Å². The smallest absolute Gasteiger partial charge is 0.231 e. The number of aliphatic imine (C=N–C) groups is 1. The normalized spacial score (nSPS) is 16.3. The molecule has 0 amide bonds. The van der Waals surface area contributed by atoms with Crippen molar-refractivity contribution in [3.63, 3.8) is 0 Å². The van der Waals surface area contributed by atoms with E-state index in [0.29, 0.717) is 19.0 Å². The fourth-order valence-corrected chi connectivity index (χ4v) is 1.67. The number of guanidine groups is 1. The van der Waals surface area contributed by atoms with Crippen LogP contribution in [0.25, 0.3) is 0 Å². The lowest BCUT2D eigenvalue weighted by molar-refractivity contribution is 0.698. The standard InChI is InChI=1S/C9H9Cl2N3/c10-13-6-7-14(11)9(13)12-8-4-2-1-3-5-8/h1-5H,6-7H2. The molecule has 1 aliphatic rings. The Kier molecular flexibility index (Phi) is 2.79. The van der Waals surface area contributed by atoms with Gasteiger partial charge in [0, 0.05) is 23.6 Å². The number of halogens is 2. The molecule has 0 N–H and O–H groups in total. The minimum atomic E-state index is 0.583. The molecule has 74 valence electrons. The number of hydrogen-bond donors (Lipinski definition) is 0. The third kappa shape index (κ3) is 1.94. The molecule has 3 nitrogen and oxygen atoms in total. The van der Waals surface area contributed by atoms with E-state index < -0.39 is 0 Å². The van der Waals surface area contributed by atoms with Gasteiger partial charge < -0.3 is 0 Å². The molecule has 0 spiro atoms. The van der Waals surface area contributed by atoms with Crippen LogP contribution in [0.15, 0.2) is 35.3 Å². The summed E-state index contributed by atoms with van der Waals surface area (Å²) >= 11 is 11.8. The third-order valence-corrected chi connectivity index (χ3v) is 2.55. The van der Waals surface area contributed by atoms with E-state index in [1.165, 1.54) is 8.84 Å². The minimum Gasteiger partial charge on any atom is -0.252 e. The van der Waals surface area contributed by atoms with Crippen LogP contribution in [0.2, 0.25) is 0 Å². The van der Waals surface area contributed by atoms with Crippen LogP contribution in [-0.4, -0.2) is 27.9 Å². The largest absolute Gasteiger partial charge is 0.252 e. The minimum absolute atomic E-state index is 0.583. The Morgan fingerprint density at radius 1 is 1.00 bits per heavy atom. The molecule has 0 saturated carbocycles. The summed E-state index contributed by atoms with van der Waals surface area (Å²) in [5.41, 5.74) is 0.848. The Labute approximate surface area is 92.8 Å². The number of benzene rings is 1. The quantitative estimate of drug-likeness (QED) is 0.690. The molecule has 0 aliphatic carbocycles. The van der Waals surface area contributed by atoms with Gasteiger partial charge in [-0.25, -0.2) is 4.99 Å². The summed E-state index contributed by atoms with van der Waals surface area (Å²) in [6.07, 6.45) is 0. The second-order valence-electron chi connectivity index (χ2n) is 2.92. The highest BCUT2D eigenvalue weighted by atomic mass is 35.5. The number of nitrogens with zero attached hydrogens (tertiary/aromatic N) is 3. The van der Waals surface area contributed by atoms with Crippen LogP contribution >= 0.6 is 23.6 Å². The maximum Gasteiger partial charge on any atom is 0.231 e. The van der Waals surface area contributed by atoms with Crippen molar-refractivity contribution < 1.29 is 0 Å². The Morgan fingerprint density at radius 2 is 1.57 bits per heavy atom. The van der Waals surface area contributed by atoms with Crippen molar-refractivity contribution in [1.29, 1.82) is 0 Å². The molecule has 1 aliphatic heterocycles. The van der Waals surface area contributed by atoms with E-state index >= 15 is 0 Å². The van der Waals surface area contributed by atoms with Gasteiger partial charge in [0.15, 0.2) is 0 Å². The Morgan fingerprint density at radius 3 is 2.14 bits per heavy atom. The summed E-state index contributed by atoms with van der Waals surface area (Å²) < 4.78 is 3.03. The monoisotopic (exact) mass is 229 g/mol. The first-order chi connectivity index (χ1) is 6.77. The average molecular weight is 230 g/mol. The van der Waals surface area contributed by atoms with Crippen LogP contribution in [0.4, 0.5) is 5.69 Å². The average Bonchev–Trinajstić information content (AvgIpc) is 2.51. The van der Waals surface area contributed by atoms with Gasteiger partial charge in [-0.3, -0.25) is 8.84 Å². The number of rotatable bonds is 1. The highest BCUT2D eigenvalue weighted by Gasteiger charge is 2.23. The zero-order chi connectivity index (χ0) is 9.97. The fourth-order valence-electron chi connectivity index (χ4n) is 1.22. The van der Waals surface area contributed by atoms with E-state index in [2.05, 4.69) is 4.99 Å². The maximum atomic E-state index is 5.90. The Balaban J connectivity index is 2.26. The first kappa shape index (κ1) is 9.62. The van der Waals surface area contributed by atoms with Crippen molar-refractivity contribution in [2.45, 2.75) is 0 Å². The molecule has 0 radical (unpaired) electrons. The highest BCUT2D eigenvalue weighted by molar-refractivity contribution is 6.29. The van der Waals surface area contributed by atoms with Crippen molar-refractivity contribution >= 4 is 35.2 Å². The molecule has 1 heterocycles. The summed E-state index contributed by atoms with van der Waals surface area (Å²) in [6, 6.07) is 9.59. The molecule has 0 bridgehead atoms. The van der Waals surface area contributed by atoms with E-state index in [1.54, 1.807) is 0 Å². The van der Waals surface area contributed by atoms with Crippen LogP contribution < -0.4 is 0 Å². The summed E-state index contributed by atoms with van der Waals surface area (Å²) in [5.74, 6) is 0.583. The van der Waals surface area contributed by atoms with Crippen molar-refractivity contribution in [3.05, 3.63) is 30.3 Å². The van der Waals surface area contributed by atoms with E-state index in [4.69, 9.17) is 23.6 Å².